The van der Waals surface area contributed by atoms with E-state index < -0.39 is 36.5 Å². The molecule has 2 aromatic carbocycles. The van der Waals surface area contributed by atoms with Crippen molar-refractivity contribution in [2.75, 3.05) is 13.2 Å². The molecule has 2 heterocycles. The predicted octanol–water partition coefficient (Wildman–Crippen LogP) is 2.05. The fourth-order valence-corrected chi connectivity index (χ4v) is 4.96. The van der Waals surface area contributed by atoms with Gasteiger partial charge < -0.3 is 34.5 Å². The molecule has 1 aliphatic rings. The molecule has 4 rings (SSSR count). The fourth-order valence-electron chi connectivity index (χ4n) is 3.59. The van der Waals surface area contributed by atoms with E-state index in [1.54, 1.807) is 6.07 Å². The van der Waals surface area contributed by atoms with E-state index in [0.717, 1.165) is 22.8 Å². The first kappa shape index (κ1) is 23.3. The summed E-state index contributed by atoms with van der Waals surface area (Å²) in [5.41, 5.74) is 0.796. The molecule has 0 amide bonds. The second-order valence-electron chi connectivity index (χ2n) is 7.48. The summed E-state index contributed by atoms with van der Waals surface area (Å²) in [7, 11) is 0. The Kier molecular flexibility index (Phi) is 7.57. The number of aliphatic hydroxyl groups is 4. The number of thioether (sulfide) groups is 1. The highest BCUT2D eigenvalue weighted by molar-refractivity contribution is 7.99. The molecule has 5 atom stereocenters. The summed E-state index contributed by atoms with van der Waals surface area (Å²) in [5.74, 6) is 0.626. The minimum atomic E-state index is -1.43. The highest BCUT2D eigenvalue weighted by Gasteiger charge is 2.44. The molecule has 172 valence electrons. The van der Waals surface area contributed by atoms with E-state index in [1.165, 1.54) is 0 Å². The van der Waals surface area contributed by atoms with Gasteiger partial charge in [0.25, 0.3) is 0 Å². The van der Waals surface area contributed by atoms with E-state index in [2.05, 4.69) is 4.98 Å². The van der Waals surface area contributed by atoms with Crippen LogP contribution in [0, 0.1) is 0 Å². The zero-order valence-corrected chi connectivity index (χ0v) is 18.7. The summed E-state index contributed by atoms with van der Waals surface area (Å²) in [6, 6.07) is 14.9. The number of aryl methyl sites for hydroxylation is 1. The Labute approximate surface area is 194 Å². The van der Waals surface area contributed by atoms with Crippen LogP contribution in [0.5, 0.6) is 5.75 Å². The van der Waals surface area contributed by atoms with Gasteiger partial charge in [0.1, 0.15) is 35.6 Å². The van der Waals surface area contributed by atoms with Crippen LogP contribution in [0.15, 0.2) is 53.7 Å². The Morgan fingerprint density at radius 3 is 2.56 bits per heavy atom. The normalized spacial score (nSPS) is 25.8. The summed E-state index contributed by atoms with van der Waals surface area (Å²) in [6.07, 6.45) is -4.45. The number of hydrogen-bond acceptors (Lipinski definition) is 8. The maximum absolute atomic E-state index is 10.4. The highest BCUT2D eigenvalue weighted by Crippen LogP contribution is 2.34. The number of nitrogens with zero attached hydrogens (tertiary/aromatic N) is 2. The minimum Gasteiger partial charge on any atom is -0.492 e. The Balaban J connectivity index is 1.49. The first-order valence-corrected chi connectivity index (χ1v) is 11.5. The predicted molar refractivity (Wildman–Crippen MR) is 121 cm³/mol. The van der Waals surface area contributed by atoms with Gasteiger partial charge in [0.15, 0.2) is 5.16 Å². The van der Waals surface area contributed by atoms with Crippen molar-refractivity contribution in [1.29, 1.82) is 0 Å². The molecule has 10 heteroatoms. The van der Waals surface area contributed by atoms with Crippen molar-refractivity contribution in [3.05, 3.63) is 53.6 Å². The molecule has 0 saturated carbocycles. The first-order valence-electron chi connectivity index (χ1n) is 10.3. The van der Waals surface area contributed by atoms with Gasteiger partial charge in [-0.1, -0.05) is 47.6 Å². The van der Waals surface area contributed by atoms with Crippen LogP contribution in [0.1, 0.15) is 6.42 Å². The van der Waals surface area contributed by atoms with Crippen molar-refractivity contribution >= 4 is 34.4 Å². The highest BCUT2D eigenvalue weighted by atomic mass is 35.5. The number of benzene rings is 2. The number of halogens is 1. The standard InChI is InChI=1S/C22H25ClN2O6S/c23-13-6-1-4-9-16(13)30-11-5-10-25-15-8-3-2-7-14(15)24-22(25)32-21-20(29)19(28)18(27)17(12-26)31-21/h1-4,6-9,17-21,26-29H,5,10-12H2. The van der Waals surface area contributed by atoms with Crippen molar-refractivity contribution in [2.45, 2.75) is 48.0 Å². The zero-order valence-electron chi connectivity index (χ0n) is 17.1. The lowest BCUT2D eigenvalue weighted by atomic mass is 10.0. The largest absolute Gasteiger partial charge is 0.492 e. The molecule has 1 saturated heterocycles. The maximum Gasteiger partial charge on any atom is 0.171 e. The number of fused-ring (bicyclic) bond motifs is 1. The van der Waals surface area contributed by atoms with Crippen molar-refractivity contribution in [3.63, 3.8) is 0 Å². The SMILES string of the molecule is OCC1OC(Sc2nc3ccccc3n2CCCOc2ccccc2Cl)C(O)C(O)C1O. The van der Waals surface area contributed by atoms with E-state index in [-0.39, 0.29) is 0 Å². The summed E-state index contributed by atoms with van der Waals surface area (Å²) >= 11 is 7.28. The van der Waals surface area contributed by atoms with E-state index >= 15 is 0 Å². The van der Waals surface area contributed by atoms with Crippen LogP contribution in [0.2, 0.25) is 5.02 Å². The Morgan fingerprint density at radius 1 is 1.03 bits per heavy atom. The van der Waals surface area contributed by atoms with Gasteiger partial charge in [-0.15, -0.1) is 0 Å². The van der Waals surface area contributed by atoms with E-state index in [1.807, 2.05) is 47.0 Å². The molecule has 0 radical (unpaired) electrons. The number of aromatic nitrogens is 2. The molecule has 1 aromatic heterocycles. The average molecular weight is 481 g/mol. The number of para-hydroxylation sites is 3. The number of aliphatic hydroxyl groups excluding tert-OH is 4. The third-order valence-corrected chi connectivity index (χ3v) is 6.77. The first-order chi connectivity index (χ1) is 15.5. The Morgan fingerprint density at radius 2 is 1.78 bits per heavy atom. The molecule has 8 nitrogen and oxygen atoms in total. The number of ether oxygens (including phenoxy) is 2. The van der Waals surface area contributed by atoms with Gasteiger partial charge in [-0.25, -0.2) is 4.98 Å². The quantitative estimate of drug-likeness (QED) is 0.362. The molecule has 1 aliphatic heterocycles. The second kappa shape index (κ2) is 10.4. The molecule has 0 aliphatic carbocycles. The number of hydrogen-bond donors (Lipinski definition) is 4. The van der Waals surface area contributed by atoms with Gasteiger partial charge in [-0.3, -0.25) is 0 Å². The Hall–Kier alpha value is -1.85. The number of rotatable bonds is 8. The van der Waals surface area contributed by atoms with E-state index in [9.17, 15) is 20.4 Å². The fraction of sp³-hybridized carbons (Fsp3) is 0.409. The second-order valence-corrected chi connectivity index (χ2v) is 8.95. The third kappa shape index (κ3) is 4.89. The third-order valence-electron chi connectivity index (χ3n) is 5.31. The van der Waals surface area contributed by atoms with Crippen LogP contribution in [0.3, 0.4) is 0 Å². The van der Waals surface area contributed by atoms with Gasteiger partial charge in [-0.2, -0.15) is 0 Å². The van der Waals surface area contributed by atoms with Gasteiger partial charge in [0, 0.05) is 6.54 Å². The smallest absolute Gasteiger partial charge is 0.171 e. The lowest BCUT2D eigenvalue weighted by molar-refractivity contribution is -0.205. The molecule has 0 bridgehead atoms. The van der Waals surface area contributed by atoms with Crippen molar-refractivity contribution in [1.82, 2.24) is 9.55 Å². The average Bonchev–Trinajstić information content (AvgIpc) is 3.15. The maximum atomic E-state index is 10.4. The van der Waals surface area contributed by atoms with Crippen LogP contribution in [-0.2, 0) is 11.3 Å². The van der Waals surface area contributed by atoms with Gasteiger partial charge in [0.2, 0.25) is 0 Å². The van der Waals surface area contributed by atoms with E-state index in [4.69, 9.17) is 21.1 Å². The summed E-state index contributed by atoms with van der Waals surface area (Å²) < 4.78 is 13.4. The van der Waals surface area contributed by atoms with Crippen molar-refractivity contribution in [3.8, 4) is 5.75 Å². The molecular weight excluding hydrogens is 456 g/mol. The van der Waals surface area contributed by atoms with Gasteiger partial charge >= 0.3 is 0 Å². The van der Waals surface area contributed by atoms with Crippen molar-refractivity contribution < 1.29 is 29.9 Å². The summed E-state index contributed by atoms with van der Waals surface area (Å²) in [4.78, 5) is 4.65. The monoisotopic (exact) mass is 480 g/mol. The van der Waals surface area contributed by atoms with Crippen LogP contribution >= 0.6 is 23.4 Å². The van der Waals surface area contributed by atoms with Gasteiger partial charge in [0.05, 0.1) is 29.3 Å². The lowest BCUT2D eigenvalue weighted by Crippen LogP contribution is -2.57. The zero-order chi connectivity index (χ0) is 22.7. The molecule has 4 N–H and O–H groups in total. The summed E-state index contributed by atoms with van der Waals surface area (Å²) in [6.45, 7) is 0.558. The topological polar surface area (TPSA) is 117 Å². The number of imidazole rings is 1. The molecule has 32 heavy (non-hydrogen) atoms. The Bertz CT molecular complexity index is 1050. The van der Waals surface area contributed by atoms with Crippen LogP contribution in [0.25, 0.3) is 11.0 Å². The van der Waals surface area contributed by atoms with Crippen LogP contribution in [0.4, 0.5) is 0 Å². The molecule has 0 spiro atoms. The molecular formula is C22H25ClN2O6S. The van der Waals surface area contributed by atoms with Crippen LogP contribution < -0.4 is 4.74 Å². The molecule has 5 unspecified atom stereocenters. The molecule has 1 fully saturated rings. The lowest BCUT2D eigenvalue weighted by Gasteiger charge is -2.39. The van der Waals surface area contributed by atoms with Crippen LogP contribution in [-0.4, -0.2) is 73.0 Å². The summed E-state index contributed by atoms with van der Waals surface area (Å²) in [5, 5.41) is 41.1. The minimum absolute atomic E-state index is 0.445. The van der Waals surface area contributed by atoms with Crippen molar-refractivity contribution in [2.24, 2.45) is 0 Å². The van der Waals surface area contributed by atoms with E-state index in [0.29, 0.717) is 35.5 Å². The molecule has 3 aromatic rings. The van der Waals surface area contributed by atoms with Gasteiger partial charge in [-0.05, 0) is 30.7 Å².